The Bertz CT molecular complexity index is 1060. The van der Waals surface area contributed by atoms with E-state index in [1.807, 2.05) is 11.0 Å². The first-order valence-corrected chi connectivity index (χ1v) is 11.8. The van der Waals surface area contributed by atoms with Crippen molar-refractivity contribution in [2.45, 2.75) is 42.5 Å². The van der Waals surface area contributed by atoms with Crippen LogP contribution in [0.5, 0.6) is 11.5 Å². The molecular formula is C23H24N2O5S. The van der Waals surface area contributed by atoms with Gasteiger partial charge in [-0.15, -0.1) is 11.8 Å². The van der Waals surface area contributed by atoms with Crippen LogP contribution in [-0.4, -0.2) is 41.7 Å². The predicted octanol–water partition coefficient (Wildman–Crippen LogP) is 4.56. The zero-order valence-corrected chi connectivity index (χ0v) is 18.2. The largest absolute Gasteiger partial charge is 0.486 e. The highest BCUT2D eigenvalue weighted by atomic mass is 32.2. The Labute approximate surface area is 184 Å². The van der Waals surface area contributed by atoms with Gasteiger partial charge in [0, 0.05) is 30.1 Å². The van der Waals surface area contributed by atoms with E-state index in [1.165, 1.54) is 23.4 Å². The normalized spacial score (nSPS) is 18.7. The highest BCUT2D eigenvalue weighted by Gasteiger charge is 2.44. The summed E-state index contributed by atoms with van der Waals surface area (Å²) >= 11 is 1.31. The predicted molar refractivity (Wildman–Crippen MR) is 117 cm³/mol. The summed E-state index contributed by atoms with van der Waals surface area (Å²) in [5.74, 6) is 1.36. The third kappa shape index (κ3) is 3.43. The molecule has 8 heteroatoms. The van der Waals surface area contributed by atoms with Crippen LogP contribution in [-0.2, 0) is 12.0 Å². The fourth-order valence-corrected chi connectivity index (χ4v) is 5.79. The second-order valence-electron chi connectivity index (χ2n) is 8.45. The van der Waals surface area contributed by atoms with Crippen molar-refractivity contribution in [3.63, 3.8) is 0 Å². The van der Waals surface area contributed by atoms with Gasteiger partial charge in [0.2, 0.25) is 0 Å². The van der Waals surface area contributed by atoms with Gasteiger partial charge in [-0.3, -0.25) is 14.9 Å². The van der Waals surface area contributed by atoms with Crippen LogP contribution in [0.3, 0.4) is 0 Å². The van der Waals surface area contributed by atoms with E-state index in [0.717, 1.165) is 42.7 Å². The van der Waals surface area contributed by atoms with Gasteiger partial charge >= 0.3 is 0 Å². The van der Waals surface area contributed by atoms with E-state index >= 15 is 0 Å². The third-order valence-corrected chi connectivity index (χ3v) is 7.45. The molecule has 1 saturated carbocycles. The average molecular weight is 441 g/mol. The number of amides is 1. The summed E-state index contributed by atoms with van der Waals surface area (Å²) in [6.07, 6.45) is 6.10. The highest BCUT2D eigenvalue weighted by Crippen LogP contribution is 2.49. The lowest BCUT2D eigenvalue weighted by molar-refractivity contribution is -0.387. The minimum absolute atomic E-state index is 0.0223. The van der Waals surface area contributed by atoms with Crippen molar-refractivity contribution in [3.05, 3.63) is 57.1 Å². The fourth-order valence-electron chi connectivity index (χ4n) is 5.24. The van der Waals surface area contributed by atoms with Gasteiger partial charge in [0.1, 0.15) is 13.2 Å². The molecule has 0 N–H and O–H groups in total. The third-order valence-electron chi connectivity index (χ3n) is 6.66. The minimum atomic E-state index is -0.420. The number of carbonyl (C=O) groups is 1. The second kappa shape index (κ2) is 7.75. The topological polar surface area (TPSA) is 81.9 Å². The SMILES string of the molecule is CSc1ccc(C(=O)N2Cc3cc4c(cc3C3(CCCC3)C2)OCCO4)cc1[N+](=O)[O-]. The lowest BCUT2D eigenvalue weighted by Crippen LogP contribution is -2.46. The maximum atomic E-state index is 13.5. The molecule has 162 valence electrons. The van der Waals surface area contributed by atoms with Gasteiger partial charge in [0.25, 0.3) is 11.6 Å². The van der Waals surface area contributed by atoms with E-state index in [9.17, 15) is 14.9 Å². The molecule has 0 radical (unpaired) electrons. The molecule has 1 spiro atoms. The number of nitro groups is 1. The van der Waals surface area contributed by atoms with E-state index in [1.54, 1.807) is 18.4 Å². The van der Waals surface area contributed by atoms with Crippen LogP contribution in [0.15, 0.2) is 35.2 Å². The van der Waals surface area contributed by atoms with Crippen LogP contribution in [0, 0.1) is 10.1 Å². The van der Waals surface area contributed by atoms with Crippen LogP contribution in [0.25, 0.3) is 0 Å². The van der Waals surface area contributed by atoms with Crippen molar-refractivity contribution in [3.8, 4) is 11.5 Å². The maximum Gasteiger partial charge on any atom is 0.283 e. The lowest BCUT2D eigenvalue weighted by atomic mass is 9.73. The highest BCUT2D eigenvalue weighted by molar-refractivity contribution is 7.98. The first kappa shape index (κ1) is 20.2. The molecule has 2 aliphatic heterocycles. The van der Waals surface area contributed by atoms with Gasteiger partial charge in [-0.1, -0.05) is 12.8 Å². The van der Waals surface area contributed by atoms with Crippen molar-refractivity contribution < 1.29 is 19.2 Å². The van der Waals surface area contributed by atoms with E-state index in [4.69, 9.17) is 9.47 Å². The Morgan fingerprint density at radius 2 is 1.84 bits per heavy atom. The second-order valence-corrected chi connectivity index (χ2v) is 9.29. The molecule has 2 heterocycles. The molecule has 31 heavy (non-hydrogen) atoms. The summed E-state index contributed by atoms with van der Waals surface area (Å²) in [5, 5.41) is 11.5. The monoisotopic (exact) mass is 440 g/mol. The molecule has 0 saturated heterocycles. The smallest absolute Gasteiger partial charge is 0.283 e. The summed E-state index contributed by atoms with van der Waals surface area (Å²) in [7, 11) is 0. The number of thioether (sulfide) groups is 1. The molecule has 2 aromatic rings. The molecule has 2 aromatic carbocycles. The number of fused-ring (bicyclic) bond motifs is 3. The summed E-state index contributed by atoms with van der Waals surface area (Å²) in [6, 6.07) is 8.91. The number of rotatable bonds is 3. The minimum Gasteiger partial charge on any atom is -0.486 e. The fraction of sp³-hybridized carbons (Fsp3) is 0.435. The molecule has 3 aliphatic rings. The van der Waals surface area contributed by atoms with Crippen LogP contribution in [0.2, 0.25) is 0 Å². The molecule has 1 aliphatic carbocycles. The van der Waals surface area contributed by atoms with Crippen molar-refractivity contribution in [1.82, 2.24) is 4.90 Å². The van der Waals surface area contributed by atoms with Crippen molar-refractivity contribution >= 4 is 23.4 Å². The molecule has 1 fully saturated rings. The Balaban J connectivity index is 1.53. The first-order valence-electron chi connectivity index (χ1n) is 10.6. The van der Waals surface area contributed by atoms with E-state index in [0.29, 0.717) is 36.8 Å². The van der Waals surface area contributed by atoms with Gasteiger partial charge in [-0.05, 0) is 54.5 Å². The molecule has 1 amide bonds. The van der Waals surface area contributed by atoms with Crippen molar-refractivity contribution in [2.24, 2.45) is 0 Å². The summed E-state index contributed by atoms with van der Waals surface area (Å²) < 4.78 is 11.6. The number of hydrogen-bond acceptors (Lipinski definition) is 6. The molecule has 7 nitrogen and oxygen atoms in total. The van der Waals surface area contributed by atoms with Gasteiger partial charge in [-0.2, -0.15) is 0 Å². The van der Waals surface area contributed by atoms with E-state index in [2.05, 4.69) is 6.07 Å². The Morgan fingerprint density at radius 1 is 1.13 bits per heavy atom. The van der Waals surface area contributed by atoms with Gasteiger partial charge in [0.15, 0.2) is 11.5 Å². The molecule has 0 unspecified atom stereocenters. The Kier molecular flexibility index (Phi) is 5.04. The number of nitrogens with zero attached hydrogens (tertiary/aromatic N) is 2. The number of hydrogen-bond donors (Lipinski definition) is 0. The molecule has 0 bridgehead atoms. The molecule has 0 aromatic heterocycles. The average Bonchev–Trinajstić information content (AvgIpc) is 3.25. The Morgan fingerprint density at radius 3 is 2.52 bits per heavy atom. The summed E-state index contributed by atoms with van der Waals surface area (Å²) in [6.45, 7) is 2.15. The zero-order valence-electron chi connectivity index (χ0n) is 17.4. The number of carbonyl (C=O) groups excluding carboxylic acids is 1. The number of ether oxygens (including phenoxy) is 2. The standard InChI is InChI=1S/C23H24N2O5S/c1-31-21-5-4-15(10-18(21)25(27)28)22(26)24-13-16-11-19-20(30-9-8-29-19)12-17(16)23(14-24)6-2-3-7-23/h4-5,10-12H,2-3,6-9,13-14H2,1H3. The summed E-state index contributed by atoms with van der Waals surface area (Å²) in [4.78, 5) is 26.9. The molecule has 5 rings (SSSR count). The van der Waals surface area contributed by atoms with Crippen molar-refractivity contribution in [2.75, 3.05) is 26.0 Å². The van der Waals surface area contributed by atoms with Gasteiger partial charge in [0.05, 0.1) is 9.82 Å². The van der Waals surface area contributed by atoms with Gasteiger partial charge in [-0.25, -0.2) is 0 Å². The van der Waals surface area contributed by atoms with E-state index in [-0.39, 0.29) is 17.0 Å². The maximum absolute atomic E-state index is 13.5. The number of nitro benzene ring substituents is 1. The van der Waals surface area contributed by atoms with Crippen molar-refractivity contribution in [1.29, 1.82) is 0 Å². The first-order chi connectivity index (χ1) is 15.0. The van der Waals surface area contributed by atoms with Gasteiger partial charge < -0.3 is 14.4 Å². The number of benzene rings is 2. The lowest BCUT2D eigenvalue weighted by Gasteiger charge is -2.43. The zero-order chi connectivity index (χ0) is 21.6. The van der Waals surface area contributed by atoms with Crippen LogP contribution >= 0.6 is 11.8 Å². The Hall–Kier alpha value is -2.74. The quantitative estimate of drug-likeness (QED) is 0.395. The summed E-state index contributed by atoms with van der Waals surface area (Å²) in [5.41, 5.74) is 2.59. The molecule has 0 atom stereocenters. The van der Waals surface area contributed by atoms with Crippen LogP contribution in [0.4, 0.5) is 5.69 Å². The van der Waals surface area contributed by atoms with Crippen LogP contribution in [0.1, 0.15) is 47.2 Å². The van der Waals surface area contributed by atoms with Crippen LogP contribution < -0.4 is 9.47 Å². The molecular weight excluding hydrogens is 416 g/mol. The van der Waals surface area contributed by atoms with E-state index < -0.39 is 4.92 Å².